The molecule has 4 heteroatoms. The second-order valence-corrected chi connectivity index (χ2v) is 5.07. The third kappa shape index (κ3) is 3.43. The molecule has 1 N–H and O–H groups in total. The van der Waals surface area contributed by atoms with E-state index in [2.05, 4.69) is 17.3 Å². The number of piperazine rings is 1. The number of benzene rings is 1. The zero-order valence-corrected chi connectivity index (χ0v) is 11.2. The van der Waals surface area contributed by atoms with Crippen LogP contribution >= 0.6 is 0 Å². The molecular weight excluding hydrogens is 229 g/mol. The van der Waals surface area contributed by atoms with Crippen LogP contribution in [-0.2, 0) is 0 Å². The molecular formula is C14H22FN3. The van der Waals surface area contributed by atoms with Crippen molar-refractivity contribution in [3.05, 3.63) is 30.1 Å². The molecule has 1 aliphatic heterocycles. The largest absolute Gasteiger partial charge is 0.372 e. The summed E-state index contributed by atoms with van der Waals surface area (Å²) < 4.78 is 13.6. The minimum Gasteiger partial charge on any atom is -0.372 e. The topological polar surface area (TPSA) is 18.5 Å². The van der Waals surface area contributed by atoms with Gasteiger partial charge in [-0.25, -0.2) is 4.39 Å². The lowest BCUT2D eigenvalue weighted by atomic mass is 10.1. The summed E-state index contributed by atoms with van der Waals surface area (Å²) in [7, 11) is 4.10. The number of para-hydroxylation sites is 1. The van der Waals surface area contributed by atoms with E-state index in [0.29, 0.717) is 11.7 Å². The Kier molecular flexibility index (Phi) is 4.55. The Balaban J connectivity index is 1.84. The van der Waals surface area contributed by atoms with Crippen molar-refractivity contribution in [1.82, 2.24) is 10.2 Å². The second kappa shape index (κ2) is 6.16. The van der Waals surface area contributed by atoms with Crippen LogP contribution in [0.5, 0.6) is 0 Å². The fourth-order valence-electron chi connectivity index (χ4n) is 2.42. The summed E-state index contributed by atoms with van der Waals surface area (Å²) in [5.41, 5.74) is 0.682. The van der Waals surface area contributed by atoms with Gasteiger partial charge < -0.3 is 15.1 Å². The predicted octanol–water partition coefficient (Wildman–Crippen LogP) is 1.56. The fourth-order valence-corrected chi connectivity index (χ4v) is 2.42. The monoisotopic (exact) mass is 251 g/mol. The number of hydrogen-bond donors (Lipinski definition) is 1. The maximum atomic E-state index is 13.6. The van der Waals surface area contributed by atoms with Gasteiger partial charge in [0.2, 0.25) is 0 Å². The number of halogens is 1. The predicted molar refractivity (Wildman–Crippen MR) is 73.6 cm³/mol. The molecule has 0 aliphatic carbocycles. The minimum absolute atomic E-state index is 0.145. The van der Waals surface area contributed by atoms with Gasteiger partial charge in [0.1, 0.15) is 5.82 Å². The minimum atomic E-state index is -0.145. The van der Waals surface area contributed by atoms with Crippen molar-refractivity contribution in [2.24, 2.45) is 0 Å². The smallest absolute Gasteiger partial charge is 0.146 e. The Hall–Kier alpha value is -1.13. The summed E-state index contributed by atoms with van der Waals surface area (Å²) in [5.74, 6) is -0.145. The molecule has 0 spiro atoms. The molecule has 100 valence electrons. The Morgan fingerprint density at radius 2 is 2.22 bits per heavy atom. The molecule has 0 aromatic heterocycles. The summed E-state index contributed by atoms with van der Waals surface area (Å²) in [6.45, 7) is 4.10. The molecule has 18 heavy (non-hydrogen) atoms. The number of anilines is 1. The lowest BCUT2D eigenvalue weighted by molar-refractivity contribution is 0.233. The molecule has 1 aromatic rings. The summed E-state index contributed by atoms with van der Waals surface area (Å²) in [6.07, 6.45) is 1.04. The average molecular weight is 251 g/mol. The number of nitrogens with one attached hydrogen (secondary N) is 1. The molecule has 1 atom stereocenters. The lowest BCUT2D eigenvalue weighted by Gasteiger charge is -2.32. The van der Waals surface area contributed by atoms with Gasteiger partial charge in [-0.3, -0.25) is 0 Å². The molecule has 1 heterocycles. The first-order chi connectivity index (χ1) is 8.66. The van der Waals surface area contributed by atoms with Crippen LogP contribution in [0.2, 0.25) is 0 Å². The fraction of sp³-hybridized carbons (Fsp3) is 0.571. The molecule has 1 aliphatic rings. The van der Waals surface area contributed by atoms with E-state index in [-0.39, 0.29) is 5.82 Å². The van der Waals surface area contributed by atoms with Crippen molar-refractivity contribution in [1.29, 1.82) is 0 Å². The quantitative estimate of drug-likeness (QED) is 0.876. The van der Waals surface area contributed by atoms with E-state index >= 15 is 0 Å². The highest BCUT2D eigenvalue weighted by molar-refractivity contribution is 5.46. The van der Waals surface area contributed by atoms with Gasteiger partial charge in [0.05, 0.1) is 5.69 Å². The molecule has 1 saturated heterocycles. The van der Waals surface area contributed by atoms with Crippen molar-refractivity contribution in [3.8, 4) is 0 Å². The van der Waals surface area contributed by atoms with Crippen LogP contribution in [0.4, 0.5) is 10.1 Å². The van der Waals surface area contributed by atoms with E-state index in [1.54, 1.807) is 6.07 Å². The maximum Gasteiger partial charge on any atom is 0.146 e. The molecule has 0 bridgehead atoms. The van der Waals surface area contributed by atoms with Crippen LogP contribution in [0.3, 0.4) is 0 Å². The van der Waals surface area contributed by atoms with Crippen molar-refractivity contribution >= 4 is 5.69 Å². The number of hydrogen-bond acceptors (Lipinski definition) is 3. The Bertz CT molecular complexity index is 383. The average Bonchev–Trinajstić information content (AvgIpc) is 2.37. The molecule has 1 aromatic carbocycles. The Morgan fingerprint density at radius 3 is 2.94 bits per heavy atom. The zero-order valence-electron chi connectivity index (χ0n) is 11.2. The molecule has 0 saturated carbocycles. The van der Waals surface area contributed by atoms with Gasteiger partial charge in [0, 0.05) is 39.3 Å². The Labute approximate surface area is 109 Å². The van der Waals surface area contributed by atoms with E-state index in [1.165, 1.54) is 6.07 Å². The van der Waals surface area contributed by atoms with Gasteiger partial charge in [-0.15, -0.1) is 0 Å². The summed E-state index contributed by atoms with van der Waals surface area (Å²) in [6, 6.07) is 7.46. The van der Waals surface area contributed by atoms with E-state index < -0.39 is 0 Å². The number of rotatable bonds is 4. The molecule has 3 nitrogen and oxygen atoms in total. The van der Waals surface area contributed by atoms with Gasteiger partial charge in [0.15, 0.2) is 0 Å². The standard InChI is InChI=1S/C14H22FN3/c1-17-10-8-16-12(11-17)7-9-18(2)14-6-4-3-5-13(14)15/h3-6,12,16H,7-11H2,1-2H3. The summed E-state index contributed by atoms with van der Waals surface area (Å²) in [5, 5.41) is 3.51. The van der Waals surface area contributed by atoms with Gasteiger partial charge in [-0.2, -0.15) is 0 Å². The third-order valence-corrected chi connectivity index (χ3v) is 3.54. The zero-order chi connectivity index (χ0) is 13.0. The van der Waals surface area contributed by atoms with Gasteiger partial charge >= 0.3 is 0 Å². The Morgan fingerprint density at radius 1 is 1.44 bits per heavy atom. The number of nitrogens with zero attached hydrogens (tertiary/aromatic N) is 2. The van der Waals surface area contributed by atoms with Gasteiger partial charge in [-0.05, 0) is 25.6 Å². The molecule has 0 radical (unpaired) electrons. The molecule has 1 fully saturated rings. The van der Waals surface area contributed by atoms with Crippen molar-refractivity contribution in [2.45, 2.75) is 12.5 Å². The third-order valence-electron chi connectivity index (χ3n) is 3.54. The first-order valence-electron chi connectivity index (χ1n) is 6.54. The molecule has 1 unspecified atom stereocenters. The van der Waals surface area contributed by atoms with Crippen molar-refractivity contribution < 1.29 is 4.39 Å². The van der Waals surface area contributed by atoms with Crippen LogP contribution in [0.15, 0.2) is 24.3 Å². The maximum absolute atomic E-state index is 13.6. The van der Waals surface area contributed by atoms with Crippen LogP contribution in [0, 0.1) is 5.82 Å². The summed E-state index contributed by atoms with van der Waals surface area (Å²) >= 11 is 0. The lowest BCUT2D eigenvalue weighted by Crippen LogP contribution is -2.49. The highest BCUT2D eigenvalue weighted by atomic mass is 19.1. The van der Waals surface area contributed by atoms with Crippen LogP contribution in [0.25, 0.3) is 0 Å². The van der Waals surface area contributed by atoms with E-state index in [1.807, 2.05) is 24.1 Å². The molecule has 0 amide bonds. The van der Waals surface area contributed by atoms with E-state index in [0.717, 1.165) is 32.6 Å². The van der Waals surface area contributed by atoms with Crippen LogP contribution in [-0.4, -0.2) is 51.2 Å². The highest BCUT2D eigenvalue weighted by Gasteiger charge is 2.17. The first-order valence-corrected chi connectivity index (χ1v) is 6.54. The normalized spacial score (nSPS) is 20.9. The SMILES string of the molecule is CN1CCNC(CCN(C)c2ccccc2F)C1. The van der Waals surface area contributed by atoms with Crippen molar-refractivity contribution in [2.75, 3.05) is 45.2 Å². The summed E-state index contributed by atoms with van der Waals surface area (Å²) in [4.78, 5) is 4.33. The van der Waals surface area contributed by atoms with E-state index in [9.17, 15) is 4.39 Å². The van der Waals surface area contributed by atoms with Gasteiger partial charge in [0.25, 0.3) is 0 Å². The highest BCUT2D eigenvalue weighted by Crippen LogP contribution is 2.17. The van der Waals surface area contributed by atoms with Crippen LogP contribution in [0.1, 0.15) is 6.42 Å². The van der Waals surface area contributed by atoms with Gasteiger partial charge in [-0.1, -0.05) is 12.1 Å². The number of likely N-dealkylation sites (N-methyl/N-ethyl adjacent to an activating group) is 1. The molecule has 2 rings (SSSR count). The van der Waals surface area contributed by atoms with Crippen molar-refractivity contribution in [3.63, 3.8) is 0 Å². The first kappa shape index (κ1) is 13.3. The van der Waals surface area contributed by atoms with E-state index in [4.69, 9.17) is 0 Å². The van der Waals surface area contributed by atoms with Crippen LogP contribution < -0.4 is 10.2 Å². The second-order valence-electron chi connectivity index (χ2n) is 5.07.